The van der Waals surface area contributed by atoms with Crippen LogP contribution in [0.5, 0.6) is 0 Å². The minimum atomic E-state index is -0.142. The third-order valence-corrected chi connectivity index (χ3v) is 3.00. The van der Waals surface area contributed by atoms with Gasteiger partial charge in [-0.1, -0.05) is 6.92 Å². The highest BCUT2D eigenvalue weighted by Crippen LogP contribution is 2.12. The number of nitrogens with zero attached hydrogens (tertiary/aromatic N) is 2. The summed E-state index contributed by atoms with van der Waals surface area (Å²) in [4.78, 5) is 20.5. The number of hydrogen-bond donors (Lipinski definition) is 2. The summed E-state index contributed by atoms with van der Waals surface area (Å²) in [6, 6.07) is 0.338. The van der Waals surface area contributed by atoms with E-state index in [0.29, 0.717) is 11.9 Å². The van der Waals surface area contributed by atoms with Crippen molar-refractivity contribution in [2.45, 2.75) is 25.8 Å². The molecule has 0 amide bonds. The Kier molecular flexibility index (Phi) is 3.56. The highest BCUT2D eigenvalue weighted by atomic mass is 16.1. The van der Waals surface area contributed by atoms with Crippen LogP contribution in [0.15, 0.2) is 17.2 Å². The molecule has 1 saturated heterocycles. The Hall–Kier alpha value is -1.36. The van der Waals surface area contributed by atoms with E-state index in [1.165, 1.54) is 6.42 Å². The van der Waals surface area contributed by atoms with E-state index in [2.05, 4.69) is 27.1 Å². The van der Waals surface area contributed by atoms with E-state index in [4.69, 9.17) is 0 Å². The van der Waals surface area contributed by atoms with E-state index in [9.17, 15) is 4.79 Å². The summed E-state index contributed by atoms with van der Waals surface area (Å²) >= 11 is 0. The van der Waals surface area contributed by atoms with Gasteiger partial charge in [0.2, 0.25) is 0 Å². The molecule has 5 nitrogen and oxygen atoms in total. The molecule has 1 unspecified atom stereocenters. The normalized spacial score (nSPS) is 21.9. The third-order valence-electron chi connectivity index (χ3n) is 3.00. The van der Waals surface area contributed by atoms with Crippen LogP contribution < -0.4 is 10.9 Å². The van der Waals surface area contributed by atoms with Gasteiger partial charge in [0, 0.05) is 25.0 Å². The molecule has 1 aliphatic rings. The number of aromatic nitrogens is 2. The zero-order valence-electron chi connectivity index (χ0n) is 9.57. The largest absolute Gasteiger partial charge is 0.361 e. The molecule has 0 radical (unpaired) electrons. The van der Waals surface area contributed by atoms with Gasteiger partial charge in [-0.25, -0.2) is 4.98 Å². The summed E-state index contributed by atoms with van der Waals surface area (Å²) in [5, 5.41) is 3.22. The van der Waals surface area contributed by atoms with Crippen molar-refractivity contribution in [1.29, 1.82) is 0 Å². The summed E-state index contributed by atoms with van der Waals surface area (Å²) < 4.78 is 0. The highest BCUT2D eigenvalue weighted by Gasteiger charge is 2.19. The lowest BCUT2D eigenvalue weighted by Gasteiger charge is -2.32. The van der Waals surface area contributed by atoms with Crippen LogP contribution in [0.1, 0.15) is 19.8 Å². The molecule has 0 spiro atoms. The molecular formula is C11H18N4O. The number of rotatable bonds is 3. The first-order chi connectivity index (χ1) is 7.79. The van der Waals surface area contributed by atoms with Crippen LogP contribution in [0.3, 0.4) is 0 Å². The molecular weight excluding hydrogens is 204 g/mol. The Balaban J connectivity index is 1.99. The number of anilines is 1. The van der Waals surface area contributed by atoms with Crippen LogP contribution in [-0.4, -0.2) is 40.5 Å². The second kappa shape index (κ2) is 5.12. The summed E-state index contributed by atoms with van der Waals surface area (Å²) in [7, 11) is 0. The first kappa shape index (κ1) is 11.1. The van der Waals surface area contributed by atoms with Crippen LogP contribution in [0.25, 0.3) is 0 Å². The molecule has 0 saturated carbocycles. The van der Waals surface area contributed by atoms with E-state index in [1.54, 1.807) is 12.4 Å². The van der Waals surface area contributed by atoms with Gasteiger partial charge in [-0.05, 0) is 25.9 Å². The third kappa shape index (κ3) is 2.61. The van der Waals surface area contributed by atoms with Crippen molar-refractivity contribution in [1.82, 2.24) is 14.9 Å². The van der Waals surface area contributed by atoms with Gasteiger partial charge in [0.15, 0.2) is 5.82 Å². The van der Waals surface area contributed by atoms with Crippen molar-refractivity contribution >= 4 is 5.82 Å². The van der Waals surface area contributed by atoms with Gasteiger partial charge in [-0.2, -0.15) is 0 Å². The highest BCUT2D eigenvalue weighted by molar-refractivity contribution is 5.31. The first-order valence-electron chi connectivity index (χ1n) is 5.82. The maximum Gasteiger partial charge on any atom is 0.290 e. The SMILES string of the molecule is CCN1CCCC(Nc2ncc[nH]c2=O)C1. The fraction of sp³-hybridized carbons (Fsp3) is 0.636. The molecule has 0 aromatic carbocycles. The van der Waals surface area contributed by atoms with Crippen molar-refractivity contribution in [3.63, 3.8) is 0 Å². The van der Waals surface area contributed by atoms with E-state index in [-0.39, 0.29) is 5.56 Å². The molecule has 0 aliphatic carbocycles. The van der Waals surface area contributed by atoms with Crippen molar-refractivity contribution in [3.8, 4) is 0 Å². The number of H-pyrrole nitrogens is 1. The lowest BCUT2D eigenvalue weighted by atomic mass is 10.1. The zero-order valence-corrected chi connectivity index (χ0v) is 9.57. The topological polar surface area (TPSA) is 61.0 Å². The Bertz CT molecular complexity index is 390. The minimum Gasteiger partial charge on any atom is -0.361 e. The van der Waals surface area contributed by atoms with Crippen molar-refractivity contribution < 1.29 is 0 Å². The fourth-order valence-electron chi connectivity index (χ4n) is 2.11. The fourth-order valence-corrected chi connectivity index (χ4v) is 2.11. The second-order valence-corrected chi connectivity index (χ2v) is 4.14. The van der Waals surface area contributed by atoms with Crippen molar-refractivity contribution in [2.75, 3.05) is 25.0 Å². The smallest absolute Gasteiger partial charge is 0.290 e. The molecule has 1 aliphatic heterocycles. The van der Waals surface area contributed by atoms with Gasteiger partial charge in [0.1, 0.15) is 0 Å². The van der Waals surface area contributed by atoms with E-state index < -0.39 is 0 Å². The quantitative estimate of drug-likeness (QED) is 0.789. The minimum absolute atomic E-state index is 0.142. The molecule has 2 rings (SSSR count). The molecule has 88 valence electrons. The average molecular weight is 222 g/mol. The van der Waals surface area contributed by atoms with Crippen LogP contribution in [-0.2, 0) is 0 Å². The zero-order chi connectivity index (χ0) is 11.4. The van der Waals surface area contributed by atoms with Crippen molar-refractivity contribution in [2.24, 2.45) is 0 Å². The standard InChI is InChI=1S/C11H18N4O/c1-2-15-7-3-4-9(8-15)14-10-11(16)13-6-5-12-10/h5-6,9H,2-4,7-8H2,1H3,(H,12,14)(H,13,16). The number of nitrogens with one attached hydrogen (secondary N) is 2. The van der Waals surface area contributed by atoms with Gasteiger partial charge in [-0.3, -0.25) is 4.79 Å². The molecule has 5 heteroatoms. The molecule has 0 bridgehead atoms. The average Bonchev–Trinajstić information content (AvgIpc) is 2.32. The monoisotopic (exact) mass is 222 g/mol. The molecule has 2 heterocycles. The first-order valence-corrected chi connectivity index (χ1v) is 5.82. The van der Waals surface area contributed by atoms with Gasteiger partial charge in [-0.15, -0.1) is 0 Å². The van der Waals surface area contributed by atoms with Gasteiger partial charge in [0.25, 0.3) is 5.56 Å². The van der Waals surface area contributed by atoms with E-state index in [0.717, 1.165) is 26.1 Å². The second-order valence-electron chi connectivity index (χ2n) is 4.14. The molecule has 1 atom stereocenters. The number of piperidine rings is 1. The lowest BCUT2D eigenvalue weighted by Crippen LogP contribution is -2.42. The molecule has 1 fully saturated rings. The summed E-state index contributed by atoms with van der Waals surface area (Å²) in [6.07, 6.45) is 5.43. The Morgan fingerprint density at radius 3 is 3.31 bits per heavy atom. The summed E-state index contributed by atoms with van der Waals surface area (Å²) in [6.45, 7) is 5.38. The van der Waals surface area contributed by atoms with Crippen LogP contribution >= 0.6 is 0 Å². The molecule has 16 heavy (non-hydrogen) atoms. The van der Waals surface area contributed by atoms with Gasteiger partial charge >= 0.3 is 0 Å². The van der Waals surface area contributed by atoms with Crippen LogP contribution in [0.2, 0.25) is 0 Å². The number of aromatic amines is 1. The number of hydrogen-bond acceptors (Lipinski definition) is 4. The summed E-state index contributed by atoms with van der Waals surface area (Å²) in [5.74, 6) is 0.436. The van der Waals surface area contributed by atoms with Crippen molar-refractivity contribution in [3.05, 3.63) is 22.7 Å². The maximum atomic E-state index is 11.4. The summed E-state index contributed by atoms with van der Waals surface area (Å²) in [5.41, 5.74) is -0.142. The lowest BCUT2D eigenvalue weighted by molar-refractivity contribution is 0.226. The van der Waals surface area contributed by atoms with Crippen LogP contribution in [0.4, 0.5) is 5.82 Å². The van der Waals surface area contributed by atoms with Gasteiger partial charge < -0.3 is 15.2 Å². The van der Waals surface area contributed by atoms with E-state index in [1.807, 2.05) is 0 Å². The Morgan fingerprint density at radius 1 is 1.69 bits per heavy atom. The van der Waals surface area contributed by atoms with E-state index >= 15 is 0 Å². The van der Waals surface area contributed by atoms with Gasteiger partial charge in [0.05, 0.1) is 0 Å². The Labute approximate surface area is 94.9 Å². The molecule has 2 N–H and O–H groups in total. The number of likely N-dealkylation sites (tertiary alicyclic amines) is 1. The van der Waals surface area contributed by atoms with Crippen LogP contribution in [0, 0.1) is 0 Å². The maximum absolute atomic E-state index is 11.4. The predicted molar refractivity (Wildman–Crippen MR) is 63.6 cm³/mol. The Morgan fingerprint density at radius 2 is 2.56 bits per heavy atom. The number of likely N-dealkylation sites (N-methyl/N-ethyl adjacent to an activating group) is 1. The predicted octanol–water partition coefficient (Wildman–Crippen LogP) is 0.666. The molecule has 1 aromatic heterocycles. The molecule has 1 aromatic rings.